The Morgan fingerprint density at radius 2 is 1.93 bits per heavy atom. The van der Waals surface area contributed by atoms with Crippen molar-refractivity contribution in [1.29, 1.82) is 0 Å². The minimum atomic E-state index is -1.19. The topological polar surface area (TPSA) is 66.8 Å². The summed E-state index contributed by atoms with van der Waals surface area (Å²) in [6.07, 6.45) is 12.9. The minimum Gasteiger partial charge on any atom is -0.507 e. The molecular weight excluding hydrogens is 352 g/mol. The van der Waals surface area contributed by atoms with Gasteiger partial charge >= 0.3 is 5.97 Å². The highest BCUT2D eigenvalue weighted by atomic mass is 16.5. The SMILES string of the molecule is C=CC(/C=C/c1cc(OC)c(CC=C(C)C)c(O)c1C(=O)O)=C\C=C/C.CC. The van der Waals surface area contributed by atoms with E-state index in [0.29, 0.717) is 23.3 Å². The maximum Gasteiger partial charge on any atom is 0.340 e. The lowest BCUT2D eigenvalue weighted by Gasteiger charge is -2.14. The summed E-state index contributed by atoms with van der Waals surface area (Å²) in [7, 11) is 1.50. The summed E-state index contributed by atoms with van der Waals surface area (Å²) in [5.41, 5.74) is 2.55. The van der Waals surface area contributed by atoms with Gasteiger partial charge in [-0.15, -0.1) is 0 Å². The standard InChI is InChI=1S/C22H26O4.C2H6/c1-6-8-9-16(7-2)11-12-17-14-19(26-5)18(13-10-15(3)4)21(23)20(17)22(24)25;1-2/h6-12,14,23H,2,13H2,1,3-5H3,(H,24,25);1-2H3/b8-6-,12-11+,16-9+;. The Kier molecular flexibility index (Phi) is 11.8. The molecule has 4 nitrogen and oxygen atoms in total. The van der Waals surface area contributed by atoms with Crippen molar-refractivity contribution >= 4 is 12.0 Å². The largest absolute Gasteiger partial charge is 0.507 e. The Balaban J connectivity index is 0.00000352. The molecule has 0 spiro atoms. The number of phenols is 1. The van der Waals surface area contributed by atoms with E-state index < -0.39 is 5.97 Å². The van der Waals surface area contributed by atoms with E-state index >= 15 is 0 Å². The van der Waals surface area contributed by atoms with Crippen molar-refractivity contribution in [2.45, 2.75) is 41.0 Å². The number of allylic oxidation sites excluding steroid dienone is 8. The van der Waals surface area contributed by atoms with Crippen molar-refractivity contribution in [3.05, 3.63) is 76.9 Å². The number of aromatic hydroxyl groups is 1. The molecule has 0 aliphatic rings. The lowest BCUT2D eigenvalue weighted by Crippen LogP contribution is -2.04. The molecular formula is C24H32O4. The van der Waals surface area contributed by atoms with Crippen molar-refractivity contribution < 1.29 is 19.7 Å². The molecule has 1 aromatic rings. The zero-order valence-corrected chi connectivity index (χ0v) is 17.7. The molecule has 1 aromatic carbocycles. The third kappa shape index (κ3) is 7.31. The number of ether oxygens (including phenoxy) is 1. The normalized spacial score (nSPS) is 11.1. The molecule has 0 saturated heterocycles. The molecule has 0 unspecified atom stereocenters. The summed E-state index contributed by atoms with van der Waals surface area (Å²) in [5, 5.41) is 20.1. The number of hydrogen-bond donors (Lipinski definition) is 2. The quantitative estimate of drug-likeness (QED) is 0.406. The Bertz CT molecular complexity index is 789. The van der Waals surface area contributed by atoms with Gasteiger partial charge in [0, 0.05) is 5.56 Å². The fourth-order valence-corrected chi connectivity index (χ4v) is 2.33. The molecule has 0 aromatic heterocycles. The van der Waals surface area contributed by atoms with E-state index in [2.05, 4.69) is 6.58 Å². The molecule has 1 rings (SSSR count). The van der Waals surface area contributed by atoms with Gasteiger partial charge < -0.3 is 14.9 Å². The van der Waals surface area contributed by atoms with Gasteiger partial charge in [-0.05, 0) is 44.4 Å². The average Bonchev–Trinajstić information content (AvgIpc) is 2.67. The number of aromatic carboxylic acids is 1. The zero-order valence-electron chi connectivity index (χ0n) is 17.7. The molecule has 0 amide bonds. The molecule has 2 N–H and O–H groups in total. The number of carboxylic acids is 1. The lowest BCUT2D eigenvalue weighted by molar-refractivity contribution is 0.0693. The second-order valence-corrected chi connectivity index (χ2v) is 5.89. The summed E-state index contributed by atoms with van der Waals surface area (Å²) in [5.74, 6) is -1.02. The second kappa shape index (κ2) is 13.2. The number of rotatable bonds is 8. The van der Waals surface area contributed by atoms with Crippen LogP contribution in [0.15, 0.2) is 60.2 Å². The molecule has 0 saturated carbocycles. The predicted molar refractivity (Wildman–Crippen MR) is 118 cm³/mol. The van der Waals surface area contributed by atoms with E-state index in [-0.39, 0.29) is 11.3 Å². The van der Waals surface area contributed by atoms with Crippen LogP contribution < -0.4 is 4.74 Å². The summed E-state index contributed by atoms with van der Waals surface area (Å²) in [6, 6.07) is 1.63. The van der Waals surface area contributed by atoms with Crippen molar-refractivity contribution in [2.24, 2.45) is 0 Å². The van der Waals surface area contributed by atoms with Crippen molar-refractivity contribution in [1.82, 2.24) is 0 Å². The van der Waals surface area contributed by atoms with Crippen LogP contribution in [0.25, 0.3) is 6.08 Å². The number of carbonyl (C=O) groups is 1. The van der Waals surface area contributed by atoms with Crippen LogP contribution in [0.2, 0.25) is 0 Å². The van der Waals surface area contributed by atoms with Crippen LogP contribution in [-0.2, 0) is 6.42 Å². The molecule has 28 heavy (non-hydrogen) atoms. The minimum absolute atomic E-state index is 0.145. The average molecular weight is 385 g/mol. The van der Waals surface area contributed by atoms with Crippen molar-refractivity contribution in [2.75, 3.05) is 7.11 Å². The monoisotopic (exact) mass is 384 g/mol. The first-order chi connectivity index (χ1) is 13.3. The summed E-state index contributed by atoms with van der Waals surface area (Å²) >= 11 is 0. The first-order valence-corrected chi connectivity index (χ1v) is 9.28. The van der Waals surface area contributed by atoms with E-state index in [1.165, 1.54) is 7.11 Å². The Hall–Kier alpha value is -3.01. The van der Waals surface area contributed by atoms with Gasteiger partial charge in [-0.1, -0.05) is 68.5 Å². The molecule has 0 aliphatic carbocycles. The highest BCUT2D eigenvalue weighted by Crippen LogP contribution is 2.36. The molecule has 152 valence electrons. The van der Waals surface area contributed by atoms with Gasteiger partial charge in [0.15, 0.2) is 0 Å². The first-order valence-electron chi connectivity index (χ1n) is 9.28. The van der Waals surface area contributed by atoms with Gasteiger partial charge in [-0.2, -0.15) is 0 Å². The van der Waals surface area contributed by atoms with Crippen molar-refractivity contribution in [3.8, 4) is 11.5 Å². The first kappa shape index (κ1) is 25.0. The second-order valence-electron chi connectivity index (χ2n) is 5.89. The maximum absolute atomic E-state index is 11.7. The van der Waals surface area contributed by atoms with Crippen LogP contribution in [0.5, 0.6) is 11.5 Å². The number of carboxylic acid groups (broad SMARTS) is 1. The summed E-state index contributed by atoms with van der Waals surface area (Å²) in [6.45, 7) is 13.5. The number of methoxy groups -OCH3 is 1. The summed E-state index contributed by atoms with van der Waals surface area (Å²) < 4.78 is 5.37. The van der Waals surface area contributed by atoms with Crippen LogP contribution >= 0.6 is 0 Å². The van der Waals surface area contributed by atoms with Gasteiger partial charge in [-0.25, -0.2) is 4.79 Å². The van der Waals surface area contributed by atoms with Gasteiger partial charge in [0.1, 0.15) is 17.1 Å². The number of benzene rings is 1. The predicted octanol–water partition coefficient (Wildman–Crippen LogP) is 6.34. The number of hydrogen-bond acceptors (Lipinski definition) is 3. The van der Waals surface area contributed by atoms with Crippen LogP contribution in [0.4, 0.5) is 0 Å². The zero-order chi connectivity index (χ0) is 21.7. The van der Waals surface area contributed by atoms with Gasteiger partial charge in [0.2, 0.25) is 0 Å². The Morgan fingerprint density at radius 3 is 2.39 bits per heavy atom. The van der Waals surface area contributed by atoms with E-state index in [0.717, 1.165) is 11.1 Å². The Labute approximate surface area is 168 Å². The molecule has 0 aliphatic heterocycles. The van der Waals surface area contributed by atoms with Crippen LogP contribution in [-0.4, -0.2) is 23.3 Å². The van der Waals surface area contributed by atoms with Gasteiger partial charge in [0.25, 0.3) is 0 Å². The molecule has 0 fully saturated rings. The van der Waals surface area contributed by atoms with Crippen LogP contribution in [0.3, 0.4) is 0 Å². The maximum atomic E-state index is 11.7. The fourth-order valence-electron chi connectivity index (χ4n) is 2.33. The lowest BCUT2D eigenvalue weighted by atomic mass is 9.97. The van der Waals surface area contributed by atoms with E-state index in [1.807, 2.05) is 58.9 Å². The summed E-state index contributed by atoms with van der Waals surface area (Å²) in [4.78, 5) is 11.7. The van der Waals surface area contributed by atoms with Gasteiger partial charge in [-0.3, -0.25) is 0 Å². The van der Waals surface area contributed by atoms with Crippen LogP contribution in [0.1, 0.15) is 56.1 Å². The van der Waals surface area contributed by atoms with E-state index in [9.17, 15) is 15.0 Å². The van der Waals surface area contributed by atoms with E-state index in [4.69, 9.17) is 4.74 Å². The van der Waals surface area contributed by atoms with E-state index in [1.54, 1.807) is 24.3 Å². The molecule has 0 radical (unpaired) electrons. The smallest absolute Gasteiger partial charge is 0.340 e. The molecule has 0 heterocycles. The van der Waals surface area contributed by atoms with Crippen LogP contribution in [0, 0.1) is 0 Å². The highest BCUT2D eigenvalue weighted by Gasteiger charge is 2.21. The third-order valence-electron chi connectivity index (χ3n) is 3.72. The molecule has 0 atom stereocenters. The Morgan fingerprint density at radius 1 is 1.29 bits per heavy atom. The highest BCUT2D eigenvalue weighted by molar-refractivity contribution is 5.96. The van der Waals surface area contributed by atoms with Gasteiger partial charge in [0.05, 0.1) is 7.11 Å². The third-order valence-corrected chi connectivity index (χ3v) is 3.72. The fraction of sp³-hybridized carbons (Fsp3) is 0.292. The molecule has 0 bridgehead atoms. The molecule has 4 heteroatoms. The van der Waals surface area contributed by atoms with Crippen molar-refractivity contribution in [3.63, 3.8) is 0 Å².